The van der Waals surface area contributed by atoms with Crippen molar-refractivity contribution in [2.75, 3.05) is 19.7 Å². The molecule has 7 heteroatoms. The Balaban J connectivity index is 0.00000182. The molecule has 1 saturated heterocycles. The van der Waals surface area contributed by atoms with E-state index in [0.29, 0.717) is 29.7 Å². The summed E-state index contributed by atoms with van der Waals surface area (Å²) in [6.07, 6.45) is 4.32. The molecule has 0 spiro atoms. The van der Waals surface area contributed by atoms with Crippen molar-refractivity contribution in [3.8, 4) is 11.6 Å². The first-order valence-electron chi connectivity index (χ1n) is 8.88. The molecular formula is C18H25ClN2O4. The molecule has 2 aliphatic rings. The standard InChI is InChI=1S/C18H24N2O4.ClH/c21-13-3-1-4-14(13)23-15-5-2-6-16-17(15)18(20-24-16)22-11-12-7-9-19-10-8-12;/h2,5-6,12-14,19,21H,1,3-4,7-11H2;1H/t13-,14-;/m1./s1. The van der Waals surface area contributed by atoms with Gasteiger partial charge in [0.1, 0.15) is 17.2 Å². The van der Waals surface area contributed by atoms with Crippen molar-refractivity contribution in [2.45, 2.75) is 44.3 Å². The van der Waals surface area contributed by atoms with Gasteiger partial charge in [-0.05, 0) is 68.4 Å². The van der Waals surface area contributed by atoms with Crippen LogP contribution >= 0.6 is 12.4 Å². The molecule has 0 bridgehead atoms. The van der Waals surface area contributed by atoms with Gasteiger partial charge in [0.2, 0.25) is 0 Å². The molecule has 6 nitrogen and oxygen atoms in total. The first kappa shape index (κ1) is 18.3. The smallest absolute Gasteiger partial charge is 0.265 e. The third-order valence-corrected chi connectivity index (χ3v) is 5.04. The predicted molar refractivity (Wildman–Crippen MR) is 96.6 cm³/mol. The number of fused-ring (bicyclic) bond motifs is 1. The Morgan fingerprint density at radius 1 is 1.20 bits per heavy atom. The van der Waals surface area contributed by atoms with Crippen LogP contribution in [0.25, 0.3) is 11.0 Å². The molecule has 25 heavy (non-hydrogen) atoms. The average molecular weight is 369 g/mol. The number of halogens is 1. The molecule has 138 valence electrons. The number of hydrogen-bond acceptors (Lipinski definition) is 6. The molecule has 1 aromatic heterocycles. The number of ether oxygens (including phenoxy) is 2. The Morgan fingerprint density at radius 3 is 2.80 bits per heavy atom. The topological polar surface area (TPSA) is 76.8 Å². The number of hydrogen-bond donors (Lipinski definition) is 2. The fraction of sp³-hybridized carbons (Fsp3) is 0.611. The monoisotopic (exact) mass is 368 g/mol. The van der Waals surface area contributed by atoms with Crippen LogP contribution in [0.15, 0.2) is 22.7 Å². The Morgan fingerprint density at radius 2 is 2.04 bits per heavy atom. The van der Waals surface area contributed by atoms with E-state index in [0.717, 1.165) is 50.6 Å². The Kier molecular flexibility index (Phi) is 6.04. The van der Waals surface area contributed by atoms with Gasteiger partial charge < -0.3 is 24.4 Å². The molecular weight excluding hydrogens is 344 g/mol. The fourth-order valence-electron chi connectivity index (χ4n) is 3.58. The van der Waals surface area contributed by atoms with E-state index in [1.807, 2.05) is 18.2 Å². The minimum Gasteiger partial charge on any atom is -0.487 e. The van der Waals surface area contributed by atoms with Gasteiger partial charge in [0.25, 0.3) is 5.88 Å². The summed E-state index contributed by atoms with van der Waals surface area (Å²) in [6, 6.07) is 5.63. The largest absolute Gasteiger partial charge is 0.487 e. The second kappa shape index (κ2) is 8.25. The summed E-state index contributed by atoms with van der Waals surface area (Å²) in [6.45, 7) is 2.73. The average Bonchev–Trinajstić information content (AvgIpc) is 3.21. The van der Waals surface area contributed by atoms with Crippen molar-refractivity contribution in [3.63, 3.8) is 0 Å². The van der Waals surface area contributed by atoms with Gasteiger partial charge in [-0.3, -0.25) is 0 Å². The fourth-order valence-corrected chi connectivity index (χ4v) is 3.58. The lowest BCUT2D eigenvalue weighted by Gasteiger charge is -2.22. The first-order valence-corrected chi connectivity index (χ1v) is 8.88. The van der Waals surface area contributed by atoms with Crippen LogP contribution in [0.2, 0.25) is 0 Å². The van der Waals surface area contributed by atoms with E-state index in [1.54, 1.807) is 0 Å². The number of rotatable bonds is 5. The number of aromatic nitrogens is 1. The van der Waals surface area contributed by atoms with Gasteiger partial charge in [-0.2, -0.15) is 0 Å². The third-order valence-electron chi connectivity index (χ3n) is 5.04. The number of benzene rings is 1. The lowest BCUT2D eigenvalue weighted by atomic mass is 9.99. The van der Waals surface area contributed by atoms with Gasteiger partial charge in [-0.15, -0.1) is 12.4 Å². The molecule has 2 aromatic rings. The Hall–Kier alpha value is -1.50. The van der Waals surface area contributed by atoms with Crippen molar-refractivity contribution in [2.24, 2.45) is 5.92 Å². The van der Waals surface area contributed by atoms with E-state index < -0.39 is 6.10 Å². The molecule has 4 rings (SSSR count). The number of nitrogens with zero attached hydrogens (tertiary/aromatic N) is 1. The van der Waals surface area contributed by atoms with E-state index in [1.165, 1.54) is 0 Å². The quantitative estimate of drug-likeness (QED) is 0.845. The van der Waals surface area contributed by atoms with Gasteiger partial charge >= 0.3 is 0 Å². The van der Waals surface area contributed by atoms with Crippen LogP contribution in [-0.2, 0) is 0 Å². The SMILES string of the molecule is Cl.O[C@@H]1CCC[C@H]1Oc1cccc2onc(OCC3CCNCC3)c12. The molecule has 1 saturated carbocycles. The maximum atomic E-state index is 10.0. The van der Waals surface area contributed by atoms with Gasteiger partial charge in [0.15, 0.2) is 5.58 Å². The van der Waals surface area contributed by atoms with Gasteiger partial charge in [0.05, 0.1) is 12.7 Å². The van der Waals surface area contributed by atoms with Crippen molar-refractivity contribution in [1.29, 1.82) is 0 Å². The number of piperidine rings is 1. The van der Waals surface area contributed by atoms with Gasteiger partial charge in [0, 0.05) is 0 Å². The summed E-state index contributed by atoms with van der Waals surface area (Å²) >= 11 is 0. The highest BCUT2D eigenvalue weighted by atomic mass is 35.5. The third kappa shape index (κ3) is 4.02. The summed E-state index contributed by atoms with van der Waals surface area (Å²) in [5, 5.41) is 18.2. The highest BCUT2D eigenvalue weighted by Crippen LogP contribution is 2.36. The maximum absolute atomic E-state index is 10.0. The van der Waals surface area contributed by atoms with Crippen LogP contribution in [-0.4, -0.2) is 42.2 Å². The zero-order chi connectivity index (χ0) is 16.4. The van der Waals surface area contributed by atoms with Crippen LogP contribution < -0.4 is 14.8 Å². The first-order chi connectivity index (χ1) is 11.8. The van der Waals surface area contributed by atoms with E-state index in [4.69, 9.17) is 14.0 Å². The van der Waals surface area contributed by atoms with Crippen LogP contribution in [0.5, 0.6) is 11.6 Å². The second-order valence-corrected chi connectivity index (χ2v) is 6.78. The molecule has 2 heterocycles. The number of nitrogens with one attached hydrogen (secondary N) is 1. The van der Waals surface area contributed by atoms with Gasteiger partial charge in [-0.1, -0.05) is 6.07 Å². The van der Waals surface area contributed by atoms with Crippen LogP contribution in [0.3, 0.4) is 0 Å². The summed E-state index contributed by atoms with van der Waals surface area (Å²) in [4.78, 5) is 0. The molecule has 1 aromatic carbocycles. The molecule has 2 fully saturated rings. The summed E-state index contributed by atoms with van der Waals surface area (Å²) in [7, 11) is 0. The highest BCUT2D eigenvalue weighted by Gasteiger charge is 2.28. The predicted octanol–water partition coefficient (Wildman–Crippen LogP) is 2.92. The van der Waals surface area contributed by atoms with E-state index in [9.17, 15) is 5.11 Å². The zero-order valence-corrected chi connectivity index (χ0v) is 15.0. The number of aliphatic hydroxyl groups excluding tert-OH is 1. The lowest BCUT2D eigenvalue weighted by Crippen LogP contribution is -2.30. The van der Waals surface area contributed by atoms with E-state index >= 15 is 0 Å². The van der Waals surface area contributed by atoms with Crippen molar-refractivity contribution >= 4 is 23.4 Å². The molecule has 1 aliphatic carbocycles. The van der Waals surface area contributed by atoms with E-state index in [2.05, 4.69) is 10.5 Å². The summed E-state index contributed by atoms with van der Waals surface area (Å²) < 4.78 is 17.4. The molecule has 2 N–H and O–H groups in total. The number of aliphatic hydroxyl groups is 1. The van der Waals surface area contributed by atoms with E-state index in [-0.39, 0.29) is 18.5 Å². The second-order valence-electron chi connectivity index (χ2n) is 6.78. The Bertz CT molecular complexity index is 687. The van der Waals surface area contributed by atoms with Crippen LogP contribution in [0.1, 0.15) is 32.1 Å². The molecule has 1 aliphatic heterocycles. The van der Waals surface area contributed by atoms with Crippen molar-refractivity contribution in [3.05, 3.63) is 18.2 Å². The van der Waals surface area contributed by atoms with Crippen LogP contribution in [0.4, 0.5) is 0 Å². The van der Waals surface area contributed by atoms with Crippen LogP contribution in [0, 0.1) is 5.92 Å². The summed E-state index contributed by atoms with van der Waals surface area (Å²) in [5.74, 6) is 1.72. The van der Waals surface area contributed by atoms with Crippen molar-refractivity contribution < 1.29 is 19.1 Å². The molecule has 0 amide bonds. The molecule has 2 atom stereocenters. The summed E-state index contributed by atoms with van der Waals surface area (Å²) in [5.41, 5.74) is 0.653. The normalized spacial score (nSPS) is 24.2. The minimum atomic E-state index is -0.403. The lowest BCUT2D eigenvalue weighted by molar-refractivity contribution is 0.0612. The molecule has 0 unspecified atom stereocenters. The maximum Gasteiger partial charge on any atom is 0.265 e. The van der Waals surface area contributed by atoms with Gasteiger partial charge in [-0.25, -0.2) is 0 Å². The Labute approximate surface area is 153 Å². The van der Waals surface area contributed by atoms with Crippen molar-refractivity contribution in [1.82, 2.24) is 10.5 Å². The minimum absolute atomic E-state index is 0. The zero-order valence-electron chi connectivity index (χ0n) is 14.1. The highest BCUT2D eigenvalue weighted by molar-refractivity contribution is 5.88. The molecule has 0 radical (unpaired) electrons.